The summed E-state index contributed by atoms with van der Waals surface area (Å²) in [4.78, 5) is 22.0. The Morgan fingerprint density at radius 3 is 2.36 bits per heavy atom. The molecule has 0 aromatic carbocycles. The molecule has 0 aromatic heterocycles. The molecule has 0 rings (SSSR count). The molecule has 0 bridgehead atoms. The van der Waals surface area contributed by atoms with Crippen LogP contribution in [0.15, 0.2) is 0 Å². The van der Waals surface area contributed by atoms with Gasteiger partial charge in [-0.2, -0.15) is 0 Å². The lowest BCUT2D eigenvalue weighted by Crippen LogP contribution is -2.45. The predicted molar refractivity (Wildman–Crippen MR) is 55.2 cm³/mol. The monoisotopic (exact) mass is 220 g/mol. The van der Waals surface area contributed by atoms with Gasteiger partial charge in [-0.25, -0.2) is 0 Å². The van der Waals surface area contributed by atoms with Crippen molar-refractivity contribution in [1.29, 1.82) is 0 Å². The average Bonchev–Trinajstić information content (AvgIpc) is 2.10. The van der Waals surface area contributed by atoms with Crippen molar-refractivity contribution < 1.29 is 13.8 Å². The van der Waals surface area contributed by atoms with Gasteiger partial charge in [0.2, 0.25) is 11.8 Å². The molecule has 0 fully saturated rings. The van der Waals surface area contributed by atoms with Gasteiger partial charge in [0.05, 0.1) is 0 Å². The van der Waals surface area contributed by atoms with Crippen LogP contribution in [0.3, 0.4) is 0 Å². The largest absolute Gasteiger partial charge is 0.357 e. The molecule has 0 saturated heterocycles. The Morgan fingerprint density at radius 2 is 2.00 bits per heavy atom. The second kappa shape index (κ2) is 6.53. The lowest BCUT2D eigenvalue weighted by molar-refractivity contribution is -0.127. The minimum Gasteiger partial charge on any atom is -0.357 e. The highest BCUT2D eigenvalue weighted by Gasteiger charge is 2.17. The Hall–Kier alpha value is -0.910. The molecule has 5 nitrogen and oxygen atoms in total. The number of likely N-dealkylation sites (N-methyl/N-ethyl adjacent to an activating group) is 1. The van der Waals surface area contributed by atoms with Gasteiger partial charge in [-0.05, 0) is 6.42 Å². The number of hydrogen-bond acceptors (Lipinski definition) is 3. The second-order valence-electron chi connectivity index (χ2n) is 2.93. The number of carbonyl (C=O) groups is 2. The first-order chi connectivity index (χ1) is 6.47. The molecule has 0 aliphatic carbocycles. The molecule has 82 valence electrons. The fourth-order valence-corrected chi connectivity index (χ4v) is 1.54. The quantitative estimate of drug-likeness (QED) is 0.624. The Kier molecular flexibility index (Phi) is 6.11. The maximum absolute atomic E-state index is 11.2. The molecule has 0 radical (unpaired) electrons. The average molecular weight is 220 g/mol. The van der Waals surface area contributed by atoms with Crippen LogP contribution in [0.25, 0.3) is 0 Å². The number of nitrogens with one attached hydrogen (secondary N) is 2. The first kappa shape index (κ1) is 13.1. The second-order valence-corrected chi connectivity index (χ2v) is 4.49. The summed E-state index contributed by atoms with van der Waals surface area (Å²) in [5.41, 5.74) is 0. The molecule has 0 heterocycles. The Balaban J connectivity index is 4.17. The molecule has 0 aliphatic rings. The lowest BCUT2D eigenvalue weighted by Gasteiger charge is -2.15. The third-order valence-corrected chi connectivity index (χ3v) is 2.44. The summed E-state index contributed by atoms with van der Waals surface area (Å²) in [6.45, 7) is 1.35. The standard InChI is InChI=1S/C8H16N2O3S/c1-6(11)10-7(8(12)9-2)4-5-14(3)13/h7H,4-5H2,1-3H3,(H,9,12)(H,10,11)/t7-,14-/m0/s1. The van der Waals surface area contributed by atoms with Gasteiger partial charge >= 0.3 is 0 Å². The fraction of sp³-hybridized carbons (Fsp3) is 0.750. The van der Waals surface area contributed by atoms with Crippen molar-refractivity contribution in [2.24, 2.45) is 0 Å². The number of amides is 2. The van der Waals surface area contributed by atoms with Crippen LogP contribution in [0.5, 0.6) is 0 Å². The maximum Gasteiger partial charge on any atom is 0.242 e. The van der Waals surface area contributed by atoms with E-state index in [2.05, 4.69) is 10.6 Å². The minimum atomic E-state index is -0.951. The number of carbonyl (C=O) groups excluding carboxylic acids is 2. The summed E-state index contributed by atoms with van der Waals surface area (Å²) in [5.74, 6) is -0.121. The molecule has 0 aliphatic heterocycles. The van der Waals surface area contributed by atoms with Crippen LogP contribution in [-0.4, -0.2) is 41.1 Å². The van der Waals surface area contributed by atoms with Crippen molar-refractivity contribution in [1.82, 2.24) is 10.6 Å². The van der Waals surface area contributed by atoms with Crippen LogP contribution < -0.4 is 10.6 Å². The molecule has 2 amide bonds. The third-order valence-electron chi connectivity index (χ3n) is 1.63. The highest BCUT2D eigenvalue weighted by Crippen LogP contribution is 1.94. The highest BCUT2D eigenvalue weighted by molar-refractivity contribution is 7.84. The van der Waals surface area contributed by atoms with Gasteiger partial charge < -0.3 is 10.6 Å². The van der Waals surface area contributed by atoms with E-state index >= 15 is 0 Å². The van der Waals surface area contributed by atoms with Crippen molar-refractivity contribution in [3.63, 3.8) is 0 Å². The van der Waals surface area contributed by atoms with E-state index < -0.39 is 16.8 Å². The van der Waals surface area contributed by atoms with Gasteiger partial charge in [-0.15, -0.1) is 0 Å². The van der Waals surface area contributed by atoms with Crippen LogP contribution in [0, 0.1) is 0 Å². The van der Waals surface area contributed by atoms with Crippen molar-refractivity contribution in [2.75, 3.05) is 19.1 Å². The highest BCUT2D eigenvalue weighted by atomic mass is 32.2. The summed E-state index contributed by atoms with van der Waals surface area (Å²) >= 11 is 0. The zero-order chi connectivity index (χ0) is 11.1. The van der Waals surface area contributed by atoms with Gasteiger partial charge in [0.1, 0.15) is 6.04 Å². The number of rotatable bonds is 5. The van der Waals surface area contributed by atoms with E-state index in [0.29, 0.717) is 12.2 Å². The molecule has 0 aromatic rings. The third kappa shape index (κ3) is 5.69. The van der Waals surface area contributed by atoms with E-state index in [9.17, 15) is 13.8 Å². The first-order valence-corrected chi connectivity index (χ1v) is 5.98. The molecule has 6 heteroatoms. The fourth-order valence-electron chi connectivity index (χ4n) is 0.972. The minimum absolute atomic E-state index is 0.259. The van der Waals surface area contributed by atoms with E-state index in [1.165, 1.54) is 14.0 Å². The summed E-state index contributed by atoms with van der Waals surface area (Å²) in [6, 6.07) is -0.582. The van der Waals surface area contributed by atoms with Gasteiger partial charge in [0.25, 0.3) is 0 Å². The van der Waals surface area contributed by atoms with E-state index in [1.54, 1.807) is 6.26 Å². The Morgan fingerprint density at radius 1 is 1.43 bits per heavy atom. The van der Waals surface area contributed by atoms with E-state index in [0.717, 1.165) is 0 Å². The van der Waals surface area contributed by atoms with E-state index in [-0.39, 0.29) is 11.8 Å². The van der Waals surface area contributed by atoms with Crippen molar-refractivity contribution in [3.8, 4) is 0 Å². The van der Waals surface area contributed by atoms with Crippen LogP contribution in [-0.2, 0) is 20.4 Å². The molecule has 2 N–H and O–H groups in total. The summed E-state index contributed by atoms with van der Waals surface area (Å²) in [6.07, 6.45) is 1.96. The smallest absolute Gasteiger partial charge is 0.242 e. The maximum atomic E-state index is 11.2. The molecular weight excluding hydrogens is 204 g/mol. The zero-order valence-electron chi connectivity index (χ0n) is 8.62. The van der Waals surface area contributed by atoms with Crippen LogP contribution in [0.1, 0.15) is 13.3 Å². The van der Waals surface area contributed by atoms with Crippen LogP contribution in [0.2, 0.25) is 0 Å². The molecule has 0 spiro atoms. The molecule has 2 atom stereocenters. The first-order valence-electron chi connectivity index (χ1n) is 4.26. The summed E-state index contributed by atoms with van der Waals surface area (Å²) in [7, 11) is 0.549. The molecule has 14 heavy (non-hydrogen) atoms. The van der Waals surface area contributed by atoms with Gasteiger partial charge in [-0.1, -0.05) is 0 Å². The molecule has 0 saturated carbocycles. The zero-order valence-corrected chi connectivity index (χ0v) is 9.44. The Labute approximate surface area is 86.1 Å². The lowest BCUT2D eigenvalue weighted by atomic mass is 10.2. The van der Waals surface area contributed by atoms with E-state index in [1.807, 2.05) is 0 Å². The van der Waals surface area contributed by atoms with Crippen LogP contribution in [0.4, 0.5) is 0 Å². The van der Waals surface area contributed by atoms with Crippen LogP contribution >= 0.6 is 0 Å². The normalized spacial score (nSPS) is 14.2. The van der Waals surface area contributed by atoms with Crippen molar-refractivity contribution in [3.05, 3.63) is 0 Å². The molecular formula is C8H16N2O3S. The summed E-state index contributed by atoms with van der Waals surface area (Å²) in [5, 5.41) is 4.94. The number of hydrogen-bond donors (Lipinski definition) is 2. The van der Waals surface area contributed by atoms with Gasteiger partial charge in [-0.3, -0.25) is 13.8 Å². The SMILES string of the molecule is CNC(=O)[C@H](CC[S@](C)=O)NC(C)=O. The van der Waals surface area contributed by atoms with Gasteiger partial charge in [0.15, 0.2) is 0 Å². The van der Waals surface area contributed by atoms with Crippen molar-refractivity contribution in [2.45, 2.75) is 19.4 Å². The van der Waals surface area contributed by atoms with Gasteiger partial charge in [0, 0.05) is 36.8 Å². The molecule has 0 unspecified atom stereocenters. The van der Waals surface area contributed by atoms with Crippen molar-refractivity contribution >= 4 is 22.6 Å². The topological polar surface area (TPSA) is 75.3 Å². The van der Waals surface area contributed by atoms with E-state index in [4.69, 9.17) is 0 Å². The summed E-state index contributed by atoms with van der Waals surface area (Å²) < 4.78 is 10.8. The Bertz CT molecular complexity index is 243. The predicted octanol–water partition coefficient (Wildman–Crippen LogP) is -0.994.